The van der Waals surface area contributed by atoms with Crippen LogP contribution in [0.4, 0.5) is 5.69 Å². The van der Waals surface area contributed by atoms with Crippen LogP contribution in [0.5, 0.6) is 0 Å². The minimum Gasteiger partial charge on any atom is -0.326 e. The largest absolute Gasteiger partial charge is 0.326 e. The van der Waals surface area contributed by atoms with Gasteiger partial charge in [0.2, 0.25) is 5.91 Å². The van der Waals surface area contributed by atoms with Gasteiger partial charge in [-0.25, -0.2) is 4.68 Å². The number of nitrogens with zero attached hydrogens (tertiary/aromatic N) is 3. The lowest BCUT2D eigenvalue weighted by molar-refractivity contribution is -0.116. The summed E-state index contributed by atoms with van der Waals surface area (Å²) in [5.41, 5.74) is 2.94. The molecule has 6 nitrogen and oxygen atoms in total. The van der Waals surface area contributed by atoms with E-state index in [1.807, 2.05) is 25.1 Å². The average molecular weight is 383 g/mol. The number of pyridine rings is 1. The molecule has 0 fully saturated rings. The predicted molar refractivity (Wildman–Crippen MR) is 106 cm³/mol. The average Bonchev–Trinajstić information content (AvgIpc) is 2.67. The van der Waals surface area contributed by atoms with E-state index in [1.165, 1.54) is 10.7 Å². The van der Waals surface area contributed by atoms with Gasteiger partial charge < -0.3 is 5.32 Å². The molecular formula is C20H19ClN4O2. The van der Waals surface area contributed by atoms with E-state index in [0.29, 0.717) is 29.4 Å². The van der Waals surface area contributed by atoms with Crippen LogP contribution in [0.15, 0.2) is 59.7 Å². The van der Waals surface area contributed by atoms with E-state index < -0.39 is 0 Å². The van der Waals surface area contributed by atoms with Gasteiger partial charge in [0.05, 0.1) is 5.69 Å². The SMILES string of the molecule is Cc1ccc(Cl)cc1NC(=O)CCCn1nc(-c2cccnc2)ccc1=O. The molecule has 1 amide bonds. The van der Waals surface area contributed by atoms with Crippen molar-refractivity contribution in [1.29, 1.82) is 0 Å². The second kappa shape index (κ2) is 8.60. The van der Waals surface area contributed by atoms with Crippen LogP contribution in [0.3, 0.4) is 0 Å². The number of hydrogen-bond acceptors (Lipinski definition) is 4. The Bertz CT molecular complexity index is 1000. The van der Waals surface area contributed by atoms with Crippen LogP contribution in [0.2, 0.25) is 5.02 Å². The predicted octanol–water partition coefficient (Wildman–Crippen LogP) is 3.69. The van der Waals surface area contributed by atoms with Crippen molar-refractivity contribution in [3.05, 3.63) is 75.8 Å². The first kappa shape index (κ1) is 18.8. The number of hydrogen-bond donors (Lipinski definition) is 1. The molecule has 138 valence electrons. The highest BCUT2D eigenvalue weighted by molar-refractivity contribution is 6.31. The Morgan fingerprint density at radius 1 is 1.22 bits per heavy atom. The molecule has 3 aromatic rings. The van der Waals surface area contributed by atoms with Crippen LogP contribution in [0.25, 0.3) is 11.3 Å². The third-order valence-corrected chi connectivity index (χ3v) is 4.31. The molecule has 2 heterocycles. The Morgan fingerprint density at radius 3 is 2.85 bits per heavy atom. The first-order chi connectivity index (χ1) is 13.0. The zero-order valence-corrected chi connectivity index (χ0v) is 15.6. The van der Waals surface area contributed by atoms with Crippen molar-refractivity contribution in [2.45, 2.75) is 26.3 Å². The molecule has 1 N–H and O–H groups in total. The molecule has 0 unspecified atom stereocenters. The Hall–Kier alpha value is -2.99. The van der Waals surface area contributed by atoms with E-state index in [-0.39, 0.29) is 17.9 Å². The smallest absolute Gasteiger partial charge is 0.266 e. The number of aromatic nitrogens is 3. The maximum atomic E-state index is 12.2. The van der Waals surface area contributed by atoms with Crippen LogP contribution in [-0.4, -0.2) is 20.7 Å². The summed E-state index contributed by atoms with van der Waals surface area (Å²) in [4.78, 5) is 28.3. The molecule has 0 saturated heterocycles. The Kier molecular flexibility index (Phi) is 5.98. The number of amides is 1. The van der Waals surface area contributed by atoms with E-state index in [4.69, 9.17) is 11.6 Å². The molecule has 0 aliphatic heterocycles. The van der Waals surface area contributed by atoms with Crippen LogP contribution in [0, 0.1) is 6.92 Å². The van der Waals surface area contributed by atoms with Gasteiger partial charge in [-0.3, -0.25) is 14.6 Å². The number of nitrogens with one attached hydrogen (secondary N) is 1. The van der Waals surface area contributed by atoms with Gasteiger partial charge in [-0.05, 0) is 49.2 Å². The molecule has 0 bridgehead atoms. The number of carbonyl (C=O) groups excluding carboxylic acids is 1. The van der Waals surface area contributed by atoms with Crippen LogP contribution < -0.4 is 10.9 Å². The maximum Gasteiger partial charge on any atom is 0.266 e. The van der Waals surface area contributed by atoms with Crippen molar-refractivity contribution >= 4 is 23.2 Å². The van der Waals surface area contributed by atoms with Gasteiger partial charge in [-0.1, -0.05) is 17.7 Å². The van der Waals surface area contributed by atoms with E-state index in [1.54, 1.807) is 30.6 Å². The summed E-state index contributed by atoms with van der Waals surface area (Å²) in [7, 11) is 0. The molecule has 7 heteroatoms. The highest BCUT2D eigenvalue weighted by Gasteiger charge is 2.08. The molecule has 0 aliphatic rings. The fourth-order valence-electron chi connectivity index (χ4n) is 2.61. The summed E-state index contributed by atoms with van der Waals surface area (Å²) in [5, 5.41) is 7.78. The second-order valence-electron chi connectivity index (χ2n) is 6.13. The van der Waals surface area contributed by atoms with Crippen LogP contribution >= 0.6 is 11.6 Å². The van der Waals surface area contributed by atoms with Gasteiger partial charge in [0, 0.05) is 47.7 Å². The zero-order valence-electron chi connectivity index (χ0n) is 14.9. The number of aryl methyl sites for hydroxylation is 2. The van der Waals surface area contributed by atoms with Crippen molar-refractivity contribution in [2.75, 3.05) is 5.32 Å². The van der Waals surface area contributed by atoms with Crippen molar-refractivity contribution in [3.8, 4) is 11.3 Å². The van der Waals surface area contributed by atoms with Crippen molar-refractivity contribution in [2.24, 2.45) is 0 Å². The Morgan fingerprint density at radius 2 is 2.07 bits per heavy atom. The molecule has 27 heavy (non-hydrogen) atoms. The number of rotatable bonds is 6. The molecule has 3 rings (SSSR count). The number of halogens is 1. The van der Waals surface area contributed by atoms with Crippen molar-refractivity contribution in [1.82, 2.24) is 14.8 Å². The molecular weight excluding hydrogens is 364 g/mol. The van der Waals surface area contributed by atoms with Crippen LogP contribution in [0.1, 0.15) is 18.4 Å². The molecule has 0 aliphatic carbocycles. The Labute approximate surface area is 161 Å². The topological polar surface area (TPSA) is 76.9 Å². The normalized spacial score (nSPS) is 10.6. The van der Waals surface area contributed by atoms with Crippen molar-refractivity contribution < 1.29 is 4.79 Å². The Balaban J connectivity index is 1.61. The summed E-state index contributed by atoms with van der Waals surface area (Å²) in [6.07, 6.45) is 4.14. The molecule has 0 radical (unpaired) electrons. The quantitative estimate of drug-likeness (QED) is 0.705. The summed E-state index contributed by atoms with van der Waals surface area (Å²) in [6.45, 7) is 2.26. The van der Waals surface area contributed by atoms with Gasteiger partial charge >= 0.3 is 0 Å². The van der Waals surface area contributed by atoms with Crippen LogP contribution in [-0.2, 0) is 11.3 Å². The zero-order chi connectivity index (χ0) is 19.2. The molecule has 2 aromatic heterocycles. The van der Waals surface area contributed by atoms with E-state index in [2.05, 4.69) is 15.4 Å². The van der Waals surface area contributed by atoms with Gasteiger partial charge in [0.15, 0.2) is 0 Å². The summed E-state index contributed by atoms with van der Waals surface area (Å²) >= 11 is 5.97. The van der Waals surface area contributed by atoms with Gasteiger partial charge in [0.1, 0.15) is 0 Å². The molecule has 1 aromatic carbocycles. The molecule has 0 atom stereocenters. The van der Waals surface area contributed by atoms with E-state index in [0.717, 1.165) is 11.1 Å². The summed E-state index contributed by atoms with van der Waals surface area (Å²) in [5.74, 6) is -0.128. The second-order valence-corrected chi connectivity index (χ2v) is 6.57. The first-order valence-electron chi connectivity index (χ1n) is 8.57. The third kappa shape index (κ3) is 5.01. The first-order valence-corrected chi connectivity index (χ1v) is 8.95. The minimum absolute atomic E-state index is 0.128. The highest BCUT2D eigenvalue weighted by Crippen LogP contribution is 2.20. The standard InChI is InChI=1S/C20H19ClN4O2/c1-14-6-7-16(21)12-18(14)23-19(26)5-3-11-25-20(27)9-8-17(24-25)15-4-2-10-22-13-15/h2,4,6-10,12-13H,3,5,11H2,1H3,(H,23,26). The lowest BCUT2D eigenvalue weighted by Crippen LogP contribution is -2.23. The number of anilines is 1. The van der Waals surface area contributed by atoms with Gasteiger partial charge in [-0.15, -0.1) is 0 Å². The maximum absolute atomic E-state index is 12.2. The molecule has 0 saturated carbocycles. The van der Waals surface area contributed by atoms with Crippen molar-refractivity contribution in [3.63, 3.8) is 0 Å². The monoisotopic (exact) mass is 382 g/mol. The summed E-state index contributed by atoms with van der Waals surface area (Å²) < 4.78 is 1.38. The van der Waals surface area contributed by atoms with E-state index >= 15 is 0 Å². The highest BCUT2D eigenvalue weighted by atomic mass is 35.5. The number of benzene rings is 1. The van der Waals surface area contributed by atoms with Gasteiger partial charge in [0.25, 0.3) is 5.56 Å². The van der Waals surface area contributed by atoms with Gasteiger partial charge in [-0.2, -0.15) is 5.10 Å². The lowest BCUT2D eigenvalue weighted by atomic mass is 10.2. The van der Waals surface area contributed by atoms with E-state index in [9.17, 15) is 9.59 Å². The number of carbonyl (C=O) groups is 1. The lowest BCUT2D eigenvalue weighted by Gasteiger charge is -2.10. The minimum atomic E-state index is -0.200. The summed E-state index contributed by atoms with van der Waals surface area (Å²) in [6, 6.07) is 12.2. The molecule has 0 spiro atoms. The fraction of sp³-hybridized carbons (Fsp3) is 0.200. The fourth-order valence-corrected chi connectivity index (χ4v) is 2.78. The third-order valence-electron chi connectivity index (χ3n) is 4.07.